The Kier molecular flexibility index (Phi) is 1.12. The minimum atomic E-state index is -3.06. The summed E-state index contributed by atoms with van der Waals surface area (Å²) in [7, 11) is -4.70. The molecule has 0 saturated carbocycles. The molecule has 1 atom stereocenters. The molecule has 32 valence electrons. The van der Waals surface area contributed by atoms with Gasteiger partial charge in [-0.2, -0.15) is 0 Å². The summed E-state index contributed by atoms with van der Waals surface area (Å²) in [6.07, 6.45) is 0. The molecule has 4 heteroatoms. The Morgan fingerprint density at radius 2 is 3.00 bits per heavy atom. The van der Waals surface area contributed by atoms with E-state index in [1.54, 1.807) is 0 Å². The van der Waals surface area contributed by atoms with Gasteiger partial charge in [0.25, 0.3) is 0 Å². The normalized spacial score (nSPS) is 21.2. The zero-order valence-corrected chi connectivity index (χ0v) is 3.34. The second-order valence-electron chi connectivity index (χ2n) is 0.384. The Morgan fingerprint density at radius 1 is 2.40 bits per heavy atom. The molecule has 0 rings (SSSR count). The van der Waals surface area contributed by atoms with Crippen LogP contribution < -0.4 is 0 Å². The van der Waals surface area contributed by atoms with Gasteiger partial charge >= 0.3 is 8.25 Å². The molecule has 3 nitrogen and oxygen atoms in total. The topological polar surface area (TPSA) is 46.5 Å². The SMILES string of the molecule is [2H]C([2H])O[PH](=O)O. The maximum Gasteiger partial charge on any atom is 0.316 e. The summed E-state index contributed by atoms with van der Waals surface area (Å²) in [5.74, 6) is 0. The van der Waals surface area contributed by atoms with Gasteiger partial charge in [0, 0.05) is 7.06 Å². The highest BCUT2D eigenvalue weighted by atomic mass is 31.1. The predicted molar refractivity (Wildman–Crippen MR) is 18.2 cm³/mol. The smallest absolute Gasteiger partial charge is 0.316 e. The van der Waals surface area contributed by atoms with Gasteiger partial charge in [-0.25, -0.2) is 0 Å². The average Bonchev–Trinajstić information content (AvgIpc) is 1.27. The largest absolute Gasteiger partial charge is 0.326 e. The van der Waals surface area contributed by atoms with E-state index >= 15 is 0 Å². The standard InChI is InChI=1S/CH5O3P/c1-4-5(2)3/h5H,1H3,(H,2,3)/i1D2. The summed E-state index contributed by atoms with van der Waals surface area (Å²) in [5, 5.41) is 0. The summed E-state index contributed by atoms with van der Waals surface area (Å²) in [6, 6.07) is 0. The third-order valence-corrected chi connectivity index (χ3v) is 0.302. The lowest BCUT2D eigenvalue weighted by atomic mass is 11.8. The van der Waals surface area contributed by atoms with Crippen LogP contribution in [0.1, 0.15) is 2.74 Å². The first-order chi connectivity index (χ1) is 3.13. The third kappa shape index (κ3) is 4.15. The van der Waals surface area contributed by atoms with Crippen molar-refractivity contribution in [1.82, 2.24) is 0 Å². The maximum absolute atomic E-state index is 9.53. The van der Waals surface area contributed by atoms with E-state index in [1.165, 1.54) is 0 Å². The molecular weight excluding hydrogens is 91.0 g/mol. The number of hydrogen-bond acceptors (Lipinski definition) is 2. The van der Waals surface area contributed by atoms with Crippen LogP contribution in [0.3, 0.4) is 0 Å². The van der Waals surface area contributed by atoms with Gasteiger partial charge in [-0.05, 0) is 0 Å². The van der Waals surface area contributed by atoms with Crippen LogP contribution in [-0.2, 0) is 9.09 Å². The van der Waals surface area contributed by atoms with Gasteiger partial charge in [0.1, 0.15) is 0 Å². The summed E-state index contributed by atoms with van der Waals surface area (Å²) >= 11 is 0. The van der Waals surface area contributed by atoms with E-state index in [9.17, 15) is 4.57 Å². The van der Waals surface area contributed by atoms with Crippen molar-refractivity contribution in [3.05, 3.63) is 0 Å². The first-order valence-corrected chi connectivity index (χ1v) is 2.13. The molecule has 0 aromatic carbocycles. The van der Waals surface area contributed by atoms with Gasteiger partial charge in [0.05, 0.1) is 2.74 Å². The molecule has 5 heavy (non-hydrogen) atoms. The van der Waals surface area contributed by atoms with Crippen molar-refractivity contribution < 1.29 is 16.7 Å². The molecule has 0 aromatic heterocycles. The zero-order chi connectivity index (χ0) is 5.86. The molecule has 1 unspecified atom stereocenters. The molecule has 0 aliphatic heterocycles. The Morgan fingerprint density at radius 3 is 3.00 bits per heavy atom. The molecule has 0 spiro atoms. The molecule has 0 aromatic rings. The number of hydrogen-bond donors (Lipinski definition) is 1. The Hall–Kier alpha value is 0.150. The van der Waals surface area contributed by atoms with Crippen molar-refractivity contribution in [3.8, 4) is 0 Å². The lowest BCUT2D eigenvalue weighted by molar-refractivity contribution is 0.343. The predicted octanol–water partition coefficient (Wildman–Crippen LogP) is 0.0148. The summed E-state index contributed by atoms with van der Waals surface area (Å²) < 4.78 is 25.7. The molecule has 0 saturated heterocycles. The Labute approximate surface area is 33.3 Å². The van der Waals surface area contributed by atoms with Crippen LogP contribution in [0, 0.1) is 0 Å². The monoisotopic (exact) mass is 98.0 g/mol. The fraction of sp³-hybridized carbons (Fsp3) is 1.00. The van der Waals surface area contributed by atoms with E-state index in [0.29, 0.717) is 0 Å². The van der Waals surface area contributed by atoms with Crippen molar-refractivity contribution in [2.75, 3.05) is 7.06 Å². The minimum Gasteiger partial charge on any atom is -0.326 e. The fourth-order valence-electron chi connectivity index (χ4n) is 0. The molecule has 0 radical (unpaired) electrons. The molecule has 1 N–H and O–H groups in total. The molecule has 0 aliphatic carbocycles. The van der Waals surface area contributed by atoms with Gasteiger partial charge in [-0.1, -0.05) is 0 Å². The van der Waals surface area contributed by atoms with Crippen molar-refractivity contribution in [3.63, 3.8) is 0 Å². The second kappa shape index (κ2) is 2.39. The van der Waals surface area contributed by atoms with Crippen LogP contribution in [0.4, 0.5) is 0 Å². The lowest BCUT2D eigenvalue weighted by Crippen LogP contribution is -1.57. The van der Waals surface area contributed by atoms with Crippen LogP contribution in [0.15, 0.2) is 0 Å². The minimum absolute atomic E-state index is 1.64. The zero-order valence-electron chi connectivity index (χ0n) is 4.34. The first-order valence-electron chi connectivity index (χ1n) is 2.02. The van der Waals surface area contributed by atoms with Gasteiger partial charge in [0.2, 0.25) is 0 Å². The molecular formula is CH5O3P. The van der Waals surface area contributed by atoms with Gasteiger partial charge in [-0.3, -0.25) is 4.57 Å². The van der Waals surface area contributed by atoms with E-state index in [4.69, 9.17) is 7.63 Å². The fourth-order valence-corrected chi connectivity index (χ4v) is 0. The van der Waals surface area contributed by atoms with E-state index in [0.717, 1.165) is 0 Å². The highest BCUT2D eigenvalue weighted by Crippen LogP contribution is 2.09. The van der Waals surface area contributed by atoms with E-state index in [2.05, 4.69) is 4.52 Å². The average molecular weight is 98.0 g/mol. The third-order valence-electron chi connectivity index (χ3n) is 0.101. The second-order valence-corrected chi connectivity index (χ2v) is 1.15. The van der Waals surface area contributed by atoms with Crippen molar-refractivity contribution >= 4 is 8.25 Å². The molecule has 0 aliphatic rings. The van der Waals surface area contributed by atoms with Crippen molar-refractivity contribution in [2.24, 2.45) is 0 Å². The highest BCUT2D eigenvalue weighted by molar-refractivity contribution is 7.32. The molecule has 0 fully saturated rings. The van der Waals surface area contributed by atoms with Crippen LogP contribution in [0.25, 0.3) is 0 Å². The Balaban J connectivity index is 3.13. The van der Waals surface area contributed by atoms with Crippen LogP contribution in [0.2, 0.25) is 0 Å². The molecule has 0 heterocycles. The summed E-state index contributed by atoms with van der Waals surface area (Å²) in [5.41, 5.74) is 0. The maximum atomic E-state index is 9.53. The van der Waals surface area contributed by atoms with Crippen LogP contribution in [0.5, 0.6) is 0 Å². The highest BCUT2D eigenvalue weighted by Gasteiger charge is 1.74. The quantitative estimate of drug-likeness (QED) is 0.470. The van der Waals surface area contributed by atoms with Gasteiger partial charge < -0.3 is 9.42 Å². The van der Waals surface area contributed by atoms with Crippen molar-refractivity contribution in [2.45, 2.75) is 0 Å². The van der Waals surface area contributed by atoms with E-state index < -0.39 is 15.3 Å². The van der Waals surface area contributed by atoms with E-state index in [-0.39, 0.29) is 0 Å². The molecule has 0 bridgehead atoms. The first kappa shape index (κ1) is 2.35. The summed E-state index contributed by atoms with van der Waals surface area (Å²) in [4.78, 5) is 7.81. The number of rotatable bonds is 1. The van der Waals surface area contributed by atoms with Crippen LogP contribution >= 0.6 is 8.25 Å². The Bertz CT molecular complexity index is 73.3. The lowest BCUT2D eigenvalue weighted by Gasteiger charge is -1.78. The van der Waals surface area contributed by atoms with Gasteiger partial charge in [0.15, 0.2) is 0 Å². The molecule has 0 amide bonds. The van der Waals surface area contributed by atoms with Crippen molar-refractivity contribution in [1.29, 1.82) is 0 Å². The van der Waals surface area contributed by atoms with Gasteiger partial charge in [-0.15, -0.1) is 0 Å². The van der Waals surface area contributed by atoms with Crippen LogP contribution in [-0.4, -0.2) is 12.0 Å². The van der Waals surface area contributed by atoms with E-state index in [1.807, 2.05) is 0 Å². The summed E-state index contributed by atoms with van der Waals surface area (Å²) in [6.45, 7) is 0.